The van der Waals surface area contributed by atoms with Gasteiger partial charge in [0.05, 0.1) is 12.2 Å². The number of carboxylic acids is 1. The zero-order valence-electron chi connectivity index (χ0n) is 7.62. The lowest BCUT2D eigenvalue weighted by Crippen LogP contribution is -2.14. The van der Waals surface area contributed by atoms with Gasteiger partial charge in [0.15, 0.2) is 0 Å². The number of hydrogen-bond donors (Lipinski definition) is 2. The minimum absolute atomic E-state index is 0.196. The van der Waals surface area contributed by atoms with Gasteiger partial charge < -0.3 is 15.6 Å². The molecule has 0 unspecified atom stereocenters. The third-order valence-electron chi connectivity index (χ3n) is 2.34. The molecule has 14 heavy (non-hydrogen) atoms. The van der Waals surface area contributed by atoms with Gasteiger partial charge in [-0.3, -0.25) is 0 Å². The van der Waals surface area contributed by atoms with Gasteiger partial charge in [-0.05, 0) is 25.0 Å². The van der Waals surface area contributed by atoms with Gasteiger partial charge in [0.1, 0.15) is 5.75 Å². The first-order chi connectivity index (χ1) is 6.70. The van der Waals surface area contributed by atoms with Gasteiger partial charge in [-0.25, -0.2) is 4.79 Å². The smallest absolute Gasteiger partial charge is 0.338 e. The fraction of sp³-hybridized carbons (Fsp3) is 0.300. The van der Waals surface area contributed by atoms with Crippen LogP contribution in [0.25, 0.3) is 0 Å². The average Bonchev–Trinajstić information content (AvgIpc) is 2.17. The van der Waals surface area contributed by atoms with Crippen molar-refractivity contribution in [2.45, 2.75) is 12.8 Å². The normalized spacial score (nSPS) is 14.3. The zero-order chi connectivity index (χ0) is 10.1. The molecule has 4 nitrogen and oxygen atoms in total. The van der Waals surface area contributed by atoms with Crippen molar-refractivity contribution >= 4 is 11.7 Å². The number of rotatable bonds is 1. The molecule has 4 heteroatoms. The van der Waals surface area contributed by atoms with Gasteiger partial charge in [-0.2, -0.15) is 0 Å². The van der Waals surface area contributed by atoms with E-state index < -0.39 is 5.97 Å². The monoisotopic (exact) mass is 193 g/mol. The van der Waals surface area contributed by atoms with E-state index in [9.17, 15) is 4.79 Å². The van der Waals surface area contributed by atoms with Gasteiger partial charge >= 0.3 is 5.97 Å². The third-order valence-corrected chi connectivity index (χ3v) is 2.34. The first-order valence-corrected chi connectivity index (χ1v) is 4.47. The molecule has 0 bridgehead atoms. The molecule has 0 saturated heterocycles. The first-order valence-electron chi connectivity index (χ1n) is 4.47. The van der Waals surface area contributed by atoms with Crippen molar-refractivity contribution < 1.29 is 14.6 Å². The molecule has 1 aliphatic heterocycles. The number of hydrogen-bond acceptors (Lipinski definition) is 3. The summed E-state index contributed by atoms with van der Waals surface area (Å²) in [6.45, 7) is 0.649. The molecule has 1 heterocycles. The molecule has 0 fully saturated rings. The Balaban J connectivity index is 2.60. The summed E-state index contributed by atoms with van der Waals surface area (Å²) in [5.74, 6) is -0.326. The lowest BCUT2D eigenvalue weighted by molar-refractivity contribution is 0.0695. The van der Waals surface area contributed by atoms with Crippen LogP contribution in [0.4, 0.5) is 5.69 Å². The molecule has 0 atom stereocenters. The van der Waals surface area contributed by atoms with Crippen molar-refractivity contribution in [3.05, 3.63) is 23.3 Å². The predicted molar refractivity (Wildman–Crippen MR) is 51.6 cm³/mol. The molecule has 0 radical (unpaired) electrons. The molecule has 0 aliphatic carbocycles. The van der Waals surface area contributed by atoms with Crippen LogP contribution in [0.15, 0.2) is 12.1 Å². The summed E-state index contributed by atoms with van der Waals surface area (Å²) >= 11 is 0. The van der Waals surface area contributed by atoms with Crippen molar-refractivity contribution in [1.29, 1.82) is 0 Å². The summed E-state index contributed by atoms with van der Waals surface area (Å²) in [6, 6.07) is 3.31. The Bertz CT molecular complexity index is 387. The maximum absolute atomic E-state index is 11.0. The van der Waals surface area contributed by atoms with E-state index in [1.807, 2.05) is 0 Å². The van der Waals surface area contributed by atoms with Crippen LogP contribution in [0.5, 0.6) is 5.75 Å². The molecular weight excluding hydrogens is 182 g/mol. The van der Waals surface area contributed by atoms with Crippen molar-refractivity contribution in [2.24, 2.45) is 0 Å². The Morgan fingerprint density at radius 3 is 3.00 bits per heavy atom. The predicted octanol–water partition coefficient (Wildman–Crippen LogP) is 1.29. The number of ether oxygens (including phenoxy) is 1. The highest BCUT2D eigenvalue weighted by atomic mass is 16.5. The van der Waals surface area contributed by atoms with E-state index >= 15 is 0 Å². The third kappa shape index (κ3) is 1.28. The van der Waals surface area contributed by atoms with Crippen LogP contribution >= 0.6 is 0 Å². The minimum atomic E-state index is -0.982. The fourth-order valence-corrected chi connectivity index (χ4v) is 1.71. The summed E-state index contributed by atoms with van der Waals surface area (Å²) in [6.07, 6.45) is 1.57. The Hall–Kier alpha value is -1.71. The summed E-state index contributed by atoms with van der Waals surface area (Å²) in [7, 11) is 0. The van der Waals surface area contributed by atoms with Crippen LogP contribution in [-0.2, 0) is 6.42 Å². The molecule has 0 aromatic heterocycles. The van der Waals surface area contributed by atoms with Crippen molar-refractivity contribution in [3.63, 3.8) is 0 Å². The molecule has 0 spiro atoms. The van der Waals surface area contributed by atoms with Gasteiger partial charge in [0.2, 0.25) is 0 Å². The highest BCUT2D eigenvalue weighted by Gasteiger charge is 2.20. The van der Waals surface area contributed by atoms with Crippen LogP contribution in [0.1, 0.15) is 22.3 Å². The number of fused-ring (bicyclic) bond motifs is 1. The van der Waals surface area contributed by atoms with E-state index in [0.717, 1.165) is 18.4 Å². The summed E-state index contributed by atoms with van der Waals surface area (Å²) in [5, 5.41) is 8.99. The van der Waals surface area contributed by atoms with Gasteiger partial charge in [-0.15, -0.1) is 0 Å². The summed E-state index contributed by atoms with van der Waals surface area (Å²) in [5.41, 5.74) is 6.84. The van der Waals surface area contributed by atoms with Crippen LogP contribution in [0.2, 0.25) is 0 Å². The summed E-state index contributed by atoms with van der Waals surface area (Å²) < 4.78 is 5.35. The number of aromatic carboxylic acids is 1. The lowest BCUT2D eigenvalue weighted by atomic mass is 9.98. The van der Waals surface area contributed by atoms with Crippen LogP contribution in [0, 0.1) is 0 Å². The maximum Gasteiger partial charge on any atom is 0.338 e. The maximum atomic E-state index is 11.0. The van der Waals surface area contributed by atoms with Crippen LogP contribution in [0.3, 0.4) is 0 Å². The van der Waals surface area contributed by atoms with E-state index in [2.05, 4.69) is 0 Å². The Labute approximate surface area is 81.3 Å². The topological polar surface area (TPSA) is 72.6 Å². The second kappa shape index (κ2) is 3.21. The van der Waals surface area contributed by atoms with E-state index in [1.165, 1.54) is 0 Å². The van der Waals surface area contributed by atoms with Crippen molar-refractivity contribution in [2.75, 3.05) is 12.3 Å². The minimum Gasteiger partial charge on any atom is -0.493 e. The van der Waals surface area contributed by atoms with E-state index in [0.29, 0.717) is 18.0 Å². The fourth-order valence-electron chi connectivity index (χ4n) is 1.71. The SMILES string of the molecule is Nc1ccc2c(c1C(=O)O)CCCO2. The lowest BCUT2D eigenvalue weighted by Gasteiger charge is -2.19. The Morgan fingerprint density at radius 1 is 1.50 bits per heavy atom. The molecule has 74 valence electrons. The van der Waals surface area contributed by atoms with Gasteiger partial charge in [0.25, 0.3) is 0 Å². The standard InChI is InChI=1S/C10H11NO3/c11-7-3-4-8-6(2-1-5-14-8)9(7)10(12)13/h3-4H,1-2,5,11H2,(H,12,13). The highest BCUT2D eigenvalue weighted by molar-refractivity contribution is 5.96. The molecule has 3 N–H and O–H groups in total. The van der Waals surface area contributed by atoms with Crippen LogP contribution in [-0.4, -0.2) is 17.7 Å². The van der Waals surface area contributed by atoms with E-state index in [1.54, 1.807) is 12.1 Å². The molecule has 1 aromatic carbocycles. The van der Waals surface area contributed by atoms with Crippen molar-refractivity contribution in [3.8, 4) is 5.75 Å². The molecule has 1 aliphatic rings. The average molecular weight is 193 g/mol. The van der Waals surface area contributed by atoms with Crippen LogP contribution < -0.4 is 10.5 Å². The number of anilines is 1. The number of nitrogens with two attached hydrogens (primary N) is 1. The van der Waals surface area contributed by atoms with Gasteiger partial charge in [-0.1, -0.05) is 0 Å². The Kier molecular flexibility index (Phi) is 2.04. The molecular formula is C10H11NO3. The van der Waals surface area contributed by atoms with Crippen molar-refractivity contribution in [1.82, 2.24) is 0 Å². The first kappa shape index (κ1) is 8.87. The zero-order valence-corrected chi connectivity index (χ0v) is 7.62. The second-order valence-corrected chi connectivity index (χ2v) is 3.26. The molecule has 0 amide bonds. The second-order valence-electron chi connectivity index (χ2n) is 3.26. The number of carboxylic acid groups (broad SMARTS) is 1. The quantitative estimate of drug-likeness (QED) is 0.659. The molecule has 1 aromatic rings. The number of benzene rings is 1. The van der Waals surface area contributed by atoms with E-state index in [-0.39, 0.29) is 5.56 Å². The molecule has 2 rings (SSSR count). The largest absolute Gasteiger partial charge is 0.493 e. The molecule has 0 saturated carbocycles. The Morgan fingerprint density at radius 2 is 2.29 bits per heavy atom. The summed E-state index contributed by atoms with van der Waals surface area (Å²) in [4.78, 5) is 11.0. The highest BCUT2D eigenvalue weighted by Crippen LogP contribution is 2.31. The number of carbonyl (C=O) groups is 1. The van der Waals surface area contributed by atoms with Gasteiger partial charge in [0, 0.05) is 11.3 Å². The number of nitrogen functional groups attached to an aromatic ring is 1. The van der Waals surface area contributed by atoms with E-state index in [4.69, 9.17) is 15.6 Å².